The molecule has 62 heavy (non-hydrogen) atoms. The van der Waals surface area contributed by atoms with Crippen molar-refractivity contribution in [1.29, 1.82) is 0 Å². The van der Waals surface area contributed by atoms with Crippen molar-refractivity contribution in [1.82, 2.24) is 34.7 Å². The molecule has 0 amide bonds. The van der Waals surface area contributed by atoms with Gasteiger partial charge in [-0.05, 0) is 112 Å². The van der Waals surface area contributed by atoms with Crippen molar-refractivity contribution >= 4 is 22.7 Å². The quantitative estimate of drug-likeness (QED) is 0.206. The average molecular weight is 862 g/mol. The number of carbonyl (C=O) groups is 2. The molecule has 4 heterocycles. The standard InChI is InChI=1S/C47H71N7O8/c1-11-41-34(18-20-51(6)7)22-29(2)16-17-39(55)30(3)23-35(19-21-53(10)27-36-28-54(50-49-36)37-24-33-14-12-13-15-38(33)48-26-37)46(31(4)40(56)25-42(57)61-41)62-47-45(59)43(52(8)9)44(58)32(5)60-47/h12-17,22,24,26,28,30-32,34-35,40-41,43-47,56,58-59H,11,18-21,23,25,27H2,1-10H3/b17-16+,29-22+/t30-,31+,32-,34+,35+,40-,41-,43?,44-,45?,46-,47+/m1/s1. The molecule has 0 saturated carbocycles. The van der Waals surface area contributed by atoms with Gasteiger partial charge in [0.05, 0.1) is 66.2 Å². The van der Waals surface area contributed by atoms with E-state index in [2.05, 4.69) is 31.2 Å². The first-order chi connectivity index (χ1) is 29.4. The van der Waals surface area contributed by atoms with Gasteiger partial charge in [0, 0.05) is 29.7 Å². The summed E-state index contributed by atoms with van der Waals surface area (Å²) in [5.41, 5.74) is 3.34. The highest BCUT2D eigenvalue weighted by Crippen LogP contribution is 2.35. The molecule has 0 bridgehead atoms. The van der Waals surface area contributed by atoms with Crippen molar-refractivity contribution in [2.75, 3.05) is 48.3 Å². The Bertz CT molecular complexity index is 1970. The van der Waals surface area contributed by atoms with E-state index in [4.69, 9.17) is 14.2 Å². The number of nitrogens with zero attached hydrogens (tertiary/aromatic N) is 7. The van der Waals surface area contributed by atoms with Gasteiger partial charge in [-0.2, -0.15) is 0 Å². The van der Waals surface area contributed by atoms with Crippen molar-refractivity contribution in [3.8, 4) is 5.69 Å². The van der Waals surface area contributed by atoms with Crippen molar-refractivity contribution in [3.05, 3.63) is 72.2 Å². The Hall–Kier alpha value is -3.93. The van der Waals surface area contributed by atoms with Gasteiger partial charge in [0.2, 0.25) is 0 Å². The Labute approximate surface area is 367 Å². The maximum Gasteiger partial charge on any atom is 0.308 e. The van der Waals surface area contributed by atoms with E-state index >= 15 is 0 Å². The average Bonchev–Trinajstić information content (AvgIpc) is 3.70. The van der Waals surface area contributed by atoms with E-state index in [9.17, 15) is 24.9 Å². The van der Waals surface area contributed by atoms with E-state index in [1.807, 2.05) is 91.4 Å². The maximum absolute atomic E-state index is 13.9. The third-order valence-electron chi connectivity index (χ3n) is 12.6. The van der Waals surface area contributed by atoms with E-state index in [0.717, 1.165) is 40.8 Å². The lowest BCUT2D eigenvalue weighted by Gasteiger charge is -2.46. The number of benzene rings is 1. The predicted molar refractivity (Wildman–Crippen MR) is 238 cm³/mol. The van der Waals surface area contributed by atoms with Crippen LogP contribution in [-0.4, -0.2) is 159 Å². The van der Waals surface area contributed by atoms with Crippen LogP contribution in [0.2, 0.25) is 0 Å². The molecule has 12 atom stereocenters. The fourth-order valence-corrected chi connectivity index (χ4v) is 8.79. The number of aliphatic hydroxyl groups excluding tert-OH is 3. The first-order valence-corrected chi connectivity index (χ1v) is 22.2. The minimum atomic E-state index is -1.24. The Kier molecular flexibility index (Phi) is 17.9. The van der Waals surface area contributed by atoms with Gasteiger partial charge in [-0.25, -0.2) is 4.68 Å². The second kappa shape index (κ2) is 22.6. The highest BCUT2D eigenvalue weighted by molar-refractivity contribution is 5.91. The number of carbonyl (C=O) groups excluding carboxylic acids is 2. The number of cyclic esters (lactones) is 1. The van der Waals surface area contributed by atoms with Crippen LogP contribution in [0.1, 0.15) is 72.4 Å². The van der Waals surface area contributed by atoms with E-state index in [1.165, 1.54) is 0 Å². The molecule has 3 aromatic rings. The summed E-state index contributed by atoms with van der Waals surface area (Å²) < 4.78 is 20.8. The molecule has 0 aliphatic carbocycles. The third kappa shape index (κ3) is 13.1. The second-order valence-corrected chi connectivity index (χ2v) is 18.2. The number of fused-ring (bicyclic) bond motifs is 1. The van der Waals surface area contributed by atoms with Gasteiger partial charge in [-0.1, -0.05) is 61.9 Å². The fraction of sp³-hybridized carbons (Fsp3) is 0.638. The van der Waals surface area contributed by atoms with Gasteiger partial charge in [-0.3, -0.25) is 14.6 Å². The number of allylic oxidation sites excluding steroid dienone is 3. The molecule has 3 N–H and O–H groups in total. The molecule has 0 radical (unpaired) electrons. The number of ether oxygens (including phenoxy) is 3. The molecule has 1 fully saturated rings. The minimum absolute atomic E-state index is 0.0448. The van der Waals surface area contributed by atoms with Gasteiger partial charge < -0.3 is 44.2 Å². The van der Waals surface area contributed by atoms with Crippen LogP contribution in [0.5, 0.6) is 0 Å². The van der Waals surface area contributed by atoms with Crippen molar-refractivity contribution in [3.63, 3.8) is 0 Å². The molecular formula is C47H71N7O8. The summed E-state index contributed by atoms with van der Waals surface area (Å²) >= 11 is 0. The molecule has 15 nitrogen and oxygen atoms in total. The molecule has 2 aliphatic heterocycles. The Morgan fingerprint density at radius 3 is 2.42 bits per heavy atom. The van der Waals surface area contributed by atoms with E-state index in [-0.39, 0.29) is 24.0 Å². The van der Waals surface area contributed by atoms with Crippen LogP contribution in [0.3, 0.4) is 0 Å². The highest BCUT2D eigenvalue weighted by Gasteiger charge is 2.47. The summed E-state index contributed by atoms with van der Waals surface area (Å²) in [6.45, 7) is 11.2. The molecule has 5 rings (SSSR count). The van der Waals surface area contributed by atoms with E-state index in [1.54, 1.807) is 42.9 Å². The van der Waals surface area contributed by atoms with Crippen molar-refractivity contribution < 1.29 is 39.1 Å². The topological polar surface area (TPSA) is 176 Å². The third-order valence-corrected chi connectivity index (χ3v) is 12.6. The Morgan fingerprint density at radius 2 is 1.71 bits per heavy atom. The zero-order chi connectivity index (χ0) is 45.2. The first kappa shape index (κ1) is 49.1. The summed E-state index contributed by atoms with van der Waals surface area (Å²) in [4.78, 5) is 38.1. The SMILES string of the molecule is CC[C@H]1OC(=O)C[C@@H](O)[C@H](C)[C@@H](O[C@@H]2O[C@H](C)[C@@H](O)C(N(C)C)C2O)[C@@H](CCN(C)Cc2cn(-c3cnc4ccccc4c3)nn2)C[C@@H](C)C(=O)/C=C/C(C)=C/[C@@H]1CCN(C)C. The van der Waals surface area contributed by atoms with Crippen molar-refractivity contribution in [2.24, 2.45) is 23.7 Å². The number of aromatic nitrogens is 4. The Morgan fingerprint density at radius 1 is 0.968 bits per heavy atom. The van der Waals surface area contributed by atoms with Crippen LogP contribution in [0.4, 0.5) is 0 Å². The van der Waals surface area contributed by atoms with Crippen LogP contribution in [0.15, 0.2) is 66.5 Å². The largest absolute Gasteiger partial charge is 0.462 e. The number of pyridine rings is 1. The summed E-state index contributed by atoms with van der Waals surface area (Å²) in [7, 11) is 9.54. The van der Waals surface area contributed by atoms with Crippen LogP contribution < -0.4 is 0 Å². The van der Waals surface area contributed by atoms with Gasteiger partial charge in [0.15, 0.2) is 12.1 Å². The summed E-state index contributed by atoms with van der Waals surface area (Å²) in [5.74, 6) is -2.11. The highest BCUT2D eigenvalue weighted by atomic mass is 16.7. The number of aliphatic hydroxyl groups is 3. The molecule has 2 unspecified atom stereocenters. The lowest BCUT2D eigenvalue weighted by Crippen LogP contribution is -2.63. The van der Waals surface area contributed by atoms with Gasteiger partial charge in [0.1, 0.15) is 12.2 Å². The van der Waals surface area contributed by atoms with Crippen LogP contribution in [-0.2, 0) is 30.3 Å². The molecule has 342 valence electrons. The van der Waals surface area contributed by atoms with E-state index < -0.39 is 66.8 Å². The van der Waals surface area contributed by atoms with Crippen molar-refractivity contribution in [2.45, 2.75) is 122 Å². The molecule has 1 saturated heterocycles. The zero-order valence-electron chi connectivity index (χ0n) is 38.4. The number of likely N-dealkylation sites (N-methyl/N-ethyl adjacent to an activating group) is 1. The predicted octanol–water partition coefficient (Wildman–Crippen LogP) is 4.42. The van der Waals surface area contributed by atoms with Gasteiger partial charge >= 0.3 is 5.97 Å². The number of rotatable bonds is 13. The zero-order valence-corrected chi connectivity index (χ0v) is 38.4. The number of ketones is 1. The minimum Gasteiger partial charge on any atom is -0.462 e. The number of esters is 1. The second-order valence-electron chi connectivity index (χ2n) is 18.2. The van der Waals surface area contributed by atoms with Gasteiger partial charge in [-0.15, -0.1) is 5.10 Å². The molecule has 2 aromatic heterocycles. The lowest BCUT2D eigenvalue weighted by atomic mass is 9.79. The van der Waals surface area contributed by atoms with Crippen LogP contribution >= 0.6 is 0 Å². The summed E-state index contributed by atoms with van der Waals surface area (Å²) in [6, 6.07) is 9.22. The van der Waals surface area contributed by atoms with E-state index in [0.29, 0.717) is 32.4 Å². The number of hydrogen-bond acceptors (Lipinski definition) is 14. The maximum atomic E-state index is 13.9. The number of hydrogen-bond donors (Lipinski definition) is 3. The summed E-state index contributed by atoms with van der Waals surface area (Å²) in [6.07, 6.45) is 4.69. The monoisotopic (exact) mass is 862 g/mol. The first-order valence-electron chi connectivity index (χ1n) is 22.2. The smallest absolute Gasteiger partial charge is 0.308 e. The molecule has 15 heteroatoms. The van der Waals surface area contributed by atoms with Crippen LogP contribution in [0.25, 0.3) is 16.6 Å². The van der Waals surface area contributed by atoms with Crippen LogP contribution in [0, 0.1) is 23.7 Å². The Balaban J connectivity index is 1.44. The van der Waals surface area contributed by atoms with Gasteiger partial charge in [0.25, 0.3) is 0 Å². The summed E-state index contributed by atoms with van der Waals surface area (Å²) in [5, 5.41) is 44.4. The molecule has 0 spiro atoms. The fourth-order valence-electron chi connectivity index (χ4n) is 8.79. The lowest BCUT2D eigenvalue weighted by molar-refractivity contribution is -0.304. The molecule has 1 aromatic carbocycles. The molecule has 2 aliphatic rings. The normalized spacial score (nSPS) is 32.3. The number of para-hydroxylation sites is 1. The molecular weight excluding hydrogens is 791 g/mol.